The largest absolute Gasteiger partial charge is 0.490 e. The third-order valence-electron chi connectivity index (χ3n) is 5.14. The first kappa shape index (κ1) is 28.9. The number of carbonyl (C=O) groups is 2. The predicted octanol–water partition coefficient (Wildman–Crippen LogP) is 2.92. The van der Waals surface area contributed by atoms with Gasteiger partial charge in [-0.2, -0.15) is 13.2 Å². The lowest BCUT2D eigenvalue weighted by Crippen LogP contribution is -2.43. The molecule has 3 aromatic rings. The molecule has 0 saturated carbocycles. The lowest BCUT2D eigenvalue weighted by Gasteiger charge is -2.31. The van der Waals surface area contributed by atoms with Crippen LogP contribution in [-0.4, -0.2) is 62.7 Å². The maximum absolute atomic E-state index is 12.9. The van der Waals surface area contributed by atoms with Crippen molar-refractivity contribution in [3.63, 3.8) is 0 Å². The molecular formula is C23H24F3N5O5S2. The van der Waals surface area contributed by atoms with Gasteiger partial charge in [-0.15, -0.1) is 11.3 Å². The van der Waals surface area contributed by atoms with Gasteiger partial charge in [-0.05, 0) is 41.3 Å². The number of hydrogen-bond donors (Lipinski definition) is 4. The third-order valence-corrected chi connectivity index (χ3v) is 7.90. The minimum atomic E-state index is -5.08. The van der Waals surface area contributed by atoms with Crippen molar-refractivity contribution in [1.29, 1.82) is 0 Å². The molecule has 0 bridgehead atoms. The van der Waals surface area contributed by atoms with Crippen molar-refractivity contribution < 1.29 is 36.3 Å². The second-order valence-electron chi connectivity index (χ2n) is 7.85. The van der Waals surface area contributed by atoms with Gasteiger partial charge in [-0.25, -0.2) is 13.2 Å². The van der Waals surface area contributed by atoms with Gasteiger partial charge in [0.1, 0.15) is 4.21 Å². The average molecular weight is 572 g/mol. The molecule has 4 rings (SSSR count). The molecule has 1 fully saturated rings. The molecule has 1 saturated heterocycles. The molecule has 1 amide bonds. The Hall–Kier alpha value is -3.69. The SMILES string of the molecule is O=C(NCc1cccnc1)c1ccc(N2CCNCC2)c(NS(=O)(=O)c2cccs2)c1.O=C(O)C(F)(F)F. The summed E-state index contributed by atoms with van der Waals surface area (Å²) in [5.74, 6) is -3.04. The number of thiophene rings is 1. The molecule has 38 heavy (non-hydrogen) atoms. The number of nitrogens with one attached hydrogen (secondary N) is 3. The van der Waals surface area contributed by atoms with Crippen molar-refractivity contribution in [3.05, 3.63) is 71.4 Å². The number of hydrogen-bond acceptors (Lipinski definition) is 8. The fourth-order valence-corrected chi connectivity index (χ4v) is 5.40. The molecule has 1 aromatic carbocycles. The van der Waals surface area contributed by atoms with Crippen LogP contribution in [0.2, 0.25) is 0 Å². The smallest absolute Gasteiger partial charge is 0.475 e. The van der Waals surface area contributed by atoms with Gasteiger partial charge in [0.15, 0.2) is 0 Å². The number of aliphatic carboxylic acids is 1. The Bertz CT molecular complexity index is 1330. The quantitative estimate of drug-likeness (QED) is 0.339. The van der Waals surface area contributed by atoms with E-state index in [0.29, 0.717) is 17.8 Å². The van der Waals surface area contributed by atoms with Crippen LogP contribution in [0.1, 0.15) is 15.9 Å². The number of carbonyl (C=O) groups excluding carboxylic acids is 1. The molecule has 3 heterocycles. The van der Waals surface area contributed by atoms with E-state index < -0.39 is 22.2 Å². The number of pyridine rings is 1. The van der Waals surface area contributed by atoms with Crippen molar-refractivity contribution >= 4 is 44.6 Å². The Balaban J connectivity index is 0.000000505. The lowest BCUT2D eigenvalue weighted by molar-refractivity contribution is -0.192. The van der Waals surface area contributed by atoms with Gasteiger partial charge in [0.25, 0.3) is 15.9 Å². The minimum Gasteiger partial charge on any atom is -0.475 e. The van der Waals surface area contributed by atoms with E-state index >= 15 is 0 Å². The van der Waals surface area contributed by atoms with E-state index in [9.17, 15) is 26.4 Å². The number of alkyl halides is 3. The van der Waals surface area contributed by atoms with Gasteiger partial charge >= 0.3 is 12.1 Å². The van der Waals surface area contributed by atoms with Crippen LogP contribution < -0.4 is 20.3 Å². The molecule has 2 aromatic heterocycles. The number of amides is 1. The number of sulfonamides is 1. The Morgan fingerprint density at radius 3 is 2.42 bits per heavy atom. The minimum absolute atomic E-state index is 0.227. The fraction of sp³-hybridized carbons (Fsp3) is 0.261. The first-order chi connectivity index (χ1) is 18.0. The summed E-state index contributed by atoms with van der Waals surface area (Å²) >= 11 is 1.15. The standard InChI is InChI=1S/C21H23N5O3S2.C2HF3O2/c27-21(24-15-16-3-1-7-23-14-16)17-5-6-19(26-10-8-22-9-11-26)18(13-17)25-31(28,29)20-4-2-12-30-20;3-2(4,5)1(6)7/h1-7,12-14,22,25H,8-11,15H2,(H,24,27);(H,6,7). The van der Waals surface area contributed by atoms with Crippen LogP contribution in [0.3, 0.4) is 0 Å². The van der Waals surface area contributed by atoms with Gasteiger partial charge in [0.05, 0.1) is 11.4 Å². The summed E-state index contributed by atoms with van der Waals surface area (Å²) in [6.45, 7) is 3.46. The monoisotopic (exact) mass is 571 g/mol. The van der Waals surface area contributed by atoms with Crippen LogP contribution in [0.5, 0.6) is 0 Å². The van der Waals surface area contributed by atoms with Gasteiger partial charge in [-0.3, -0.25) is 14.5 Å². The molecule has 1 aliphatic rings. The van der Waals surface area contributed by atoms with Crippen LogP contribution >= 0.6 is 11.3 Å². The second kappa shape index (κ2) is 12.7. The molecule has 15 heteroatoms. The maximum Gasteiger partial charge on any atom is 0.490 e. The van der Waals surface area contributed by atoms with E-state index in [1.807, 2.05) is 6.07 Å². The van der Waals surface area contributed by atoms with Crippen LogP contribution in [0.25, 0.3) is 0 Å². The Kier molecular flexibility index (Phi) is 9.66. The van der Waals surface area contributed by atoms with Crippen molar-refractivity contribution in [2.75, 3.05) is 35.8 Å². The number of carboxylic acid groups (broad SMARTS) is 1. The van der Waals surface area contributed by atoms with Crippen LogP contribution in [-0.2, 0) is 21.4 Å². The predicted molar refractivity (Wildman–Crippen MR) is 136 cm³/mol. The van der Waals surface area contributed by atoms with Crippen LogP contribution in [0.4, 0.5) is 24.5 Å². The normalized spacial score (nSPS) is 13.7. The molecular weight excluding hydrogens is 547 g/mol. The van der Waals surface area contributed by atoms with Gasteiger partial charge in [-0.1, -0.05) is 12.1 Å². The zero-order chi connectivity index (χ0) is 27.8. The van der Waals surface area contributed by atoms with Crippen LogP contribution in [0.15, 0.2) is 64.4 Å². The number of piperazine rings is 1. The average Bonchev–Trinajstić information content (AvgIpc) is 3.44. The number of benzene rings is 1. The summed E-state index contributed by atoms with van der Waals surface area (Å²) in [6, 6.07) is 12.1. The second-order valence-corrected chi connectivity index (χ2v) is 10.7. The number of carboxylic acids is 1. The van der Waals surface area contributed by atoms with E-state index in [2.05, 4.69) is 25.2 Å². The first-order valence-corrected chi connectivity index (χ1v) is 13.5. The molecule has 0 radical (unpaired) electrons. The van der Waals surface area contributed by atoms with E-state index in [4.69, 9.17) is 9.90 Å². The molecule has 4 N–H and O–H groups in total. The number of nitrogens with zero attached hydrogens (tertiary/aromatic N) is 2. The van der Waals surface area contributed by atoms with Gasteiger partial charge < -0.3 is 20.6 Å². The summed E-state index contributed by atoms with van der Waals surface area (Å²) < 4.78 is 60.4. The Labute approximate surface area is 220 Å². The molecule has 0 atom stereocenters. The Morgan fingerprint density at radius 1 is 1.13 bits per heavy atom. The molecule has 0 unspecified atom stereocenters. The van der Waals surface area contributed by atoms with Crippen molar-refractivity contribution in [3.8, 4) is 0 Å². The van der Waals surface area contributed by atoms with Crippen molar-refractivity contribution in [1.82, 2.24) is 15.6 Å². The third kappa shape index (κ3) is 8.16. The summed E-state index contributed by atoms with van der Waals surface area (Å²) in [4.78, 5) is 27.8. The zero-order valence-corrected chi connectivity index (χ0v) is 21.4. The van der Waals surface area contributed by atoms with Gasteiger partial charge in [0, 0.05) is 50.7 Å². The van der Waals surface area contributed by atoms with E-state index in [1.165, 1.54) is 0 Å². The van der Waals surface area contributed by atoms with Crippen LogP contribution in [0, 0.1) is 0 Å². The highest BCUT2D eigenvalue weighted by Gasteiger charge is 2.38. The molecule has 1 aliphatic heterocycles. The van der Waals surface area contributed by atoms with E-state index in [0.717, 1.165) is 48.8 Å². The topological polar surface area (TPSA) is 141 Å². The van der Waals surface area contributed by atoms with E-state index in [-0.39, 0.29) is 10.1 Å². The summed E-state index contributed by atoms with van der Waals surface area (Å²) in [5.41, 5.74) is 2.41. The highest BCUT2D eigenvalue weighted by Crippen LogP contribution is 2.31. The lowest BCUT2D eigenvalue weighted by atomic mass is 10.1. The number of rotatable bonds is 7. The number of aromatic nitrogens is 1. The molecule has 204 valence electrons. The van der Waals surface area contributed by atoms with Crippen molar-refractivity contribution in [2.45, 2.75) is 16.9 Å². The van der Waals surface area contributed by atoms with Crippen molar-refractivity contribution in [2.24, 2.45) is 0 Å². The zero-order valence-electron chi connectivity index (χ0n) is 19.7. The summed E-state index contributed by atoms with van der Waals surface area (Å²) in [6.07, 6.45) is -1.72. The molecule has 0 aliphatic carbocycles. The summed E-state index contributed by atoms with van der Waals surface area (Å²) in [7, 11) is -3.74. The highest BCUT2D eigenvalue weighted by molar-refractivity contribution is 7.94. The van der Waals surface area contributed by atoms with E-state index in [1.54, 1.807) is 54.2 Å². The van der Waals surface area contributed by atoms with Gasteiger partial charge in [0.2, 0.25) is 0 Å². The maximum atomic E-state index is 12.9. The number of halogens is 3. The number of anilines is 2. The Morgan fingerprint density at radius 2 is 1.84 bits per heavy atom. The highest BCUT2D eigenvalue weighted by atomic mass is 32.2. The fourth-order valence-electron chi connectivity index (χ4n) is 3.34. The first-order valence-electron chi connectivity index (χ1n) is 11.1. The summed E-state index contributed by atoms with van der Waals surface area (Å²) in [5, 5.41) is 15.0. The molecule has 10 nitrogen and oxygen atoms in total. The molecule has 0 spiro atoms.